The molecule has 1 aromatic carbocycles. The standard InChI is InChI=1S/C17H20N4O2/c1-21(2)9-8-19-16(22)13-10-14(12-18-11-13)17(23)20-15-6-4-3-5-7-15/h3-7,10-12H,8-9H2,1-2H3,(H,19,22)(H,20,23). The number of nitrogens with zero attached hydrogens (tertiary/aromatic N) is 2. The Labute approximate surface area is 135 Å². The van der Waals surface area contributed by atoms with Crippen molar-refractivity contribution < 1.29 is 9.59 Å². The molecule has 0 saturated heterocycles. The molecular formula is C17H20N4O2. The highest BCUT2D eigenvalue weighted by Gasteiger charge is 2.11. The van der Waals surface area contributed by atoms with E-state index in [1.165, 1.54) is 18.5 Å². The molecule has 2 amide bonds. The number of nitrogens with one attached hydrogen (secondary N) is 2. The summed E-state index contributed by atoms with van der Waals surface area (Å²) in [5.74, 6) is -0.541. The average molecular weight is 312 g/mol. The summed E-state index contributed by atoms with van der Waals surface area (Å²) in [6, 6.07) is 10.7. The van der Waals surface area contributed by atoms with Gasteiger partial charge >= 0.3 is 0 Å². The minimum atomic E-state index is -0.299. The SMILES string of the molecule is CN(C)CCNC(=O)c1cncc(C(=O)Nc2ccccc2)c1. The highest BCUT2D eigenvalue weighted by Crippen LogP contribution is 2.09. The molecule has 6 nitrogen and oxygen atoms in total. The summed E-state index contributed by atoms with van der Waals surface area (Å²) in [6.45, 7) is 1.28. The van der Waals surface area contributed by atoms with Crippen molar-refractivity contribution in [2.75, 3.05) is 32.5 Å². The van der Waals surface area contributed by atoms with Gasteiger partial charge in [-0.1, -0.05) is 18.2 Å². The molecule has 0 fully saturated rings. The predicted molar refractivity (Wildman–Crippen MR) is 89.5 cm³/mol. The number of carbonyl (C=O) groups excluding carboxylic acids is 2. The smallest absolute Gasteiger partial charge is 0.257 e. The van der Waals surface area contributed by atoms with Gasteiger partial charge in [-0.2, -0.15) is 0 Å². The first-order chi connectivity index (χ1) is 11.1. The first-order valence-electron chi connectivity index (χ1n) is 7.30. The van der Waals surface area contributed by atoms with E-state index < -0.39 is 0 Å². The van der Waals surface area contributed by atoms with E-state index in [0.717, 1.165) is 6.54 Å². The molecule has 2 aromatic rings. The summed E-state index contributed by atoms with van der Waals surface area (Å²) in [7, 11) is 3.87. The average Bonchev–Trinajstić information content (AvgIpc) is 2.55. The predicted octanol–water partition coefficient (Wildman–Crippen LogP) is 1.63. The number of likely N-dealkylation sites (N-methyl/N-ethyl adjacent to an activating group) is 1. The fourth-order valence-corrected chi connectivity index (χ4v) is 1.91. The van der Waals surface area contributed by atoms with Gasteiger partial charge in [-0.25, -0.2) is 0 Å². The monoisotopic (exact) mass is 312 g/mol. The van der Waals surface area contributed by atoms with Crippen molar-refractivity contribution in [2.45, 2.75) is 0 Å². The highest BCUT2D eigenvalue weighted by molar-refractivity contribution is 6.05. The summed E-state index contributed by atoms with van der Waals surface area (Å²) >= 11 is 0. The summed E-state index contributed by atoms with van der Waals surface area (Å²) in [5, 5.41) is 5.56. The molecule has 2 N–H and O–H groups in total. The maximum absolute atomic E-state index is 12.2. The second-order valence-electron chi connectivity index (χ2n) is 5.34. The lowest BCUT2D eigenvalue weighted by Crippen LogP contribution is -2.31. The molecule has 0 aliphatic rings. The summed E-state index contributed by atoms with van der Waals surface area (Å²) < 4.78 is 0. The van der Waals surface area contributed by atoms with Crippen molar-refractivity contribution >= 4 is 17.5 Å². The maximum Gasteiger partial charge on any atom is 0.257 e. The molecule has 0 atom stereocenters. The minimum Gasteiger partial charge on any atom is -0.351 e. The molecular weight excluding hydrogens is 292 g/mol. The van der Waals surface area contributed by atoms with Crippen molar-refractivity contribution in [3.05, 3.63) is 59.9 Å². The fraction of sp³-hybridized carbons (Fsp3) is 0.235. The number of rotatable bonds is 6. The largest absolute Gasteiger partial charge is 0.351 e. The van der Waals surface area contributed by atoms with Gasteiger partial charge in [0.25, 0.3) is 11.8 Å². The molecule has 6 heteroatoms. The van der Waals surface area contributed by atoms with Crippen LogP contribution < -0.4 is 10.6 Å². The lowest BCUT2D eigenvalue weighted by atomic mass is 10.2. The molecule has 1 heterocycles. The van der Waals surface area contributed by atoms with Crippen molar-refractivity contribution in [1.29, 1.82) is 0 Å². The van der Waals surface area contributed by atoms with E-state index in [4.69, 9.17) is 0 Å². The third kappa shape index (κ3) is 5.19. The van der Waals surface area contributed by atoms with Crippen LogP contribution in [0.3, 0.4) is 0 Å². The summed E-state index contributed by atoms with van der Waals surface area (Å²) in [4.78, 5) is 30.2. The molecule has 0 unspecified atom stereocenters. The molecule has 0 aliphatic heterocycles. The molecule has 2 rings (SSSR count). The van der Waals surface area contributed by atoms with E-state index >= 15 is 0 Å². The normalized spacial score (nSPS) is 10.4. The zero-order valence-corrected chi connectivity index (χ0v) is 13.2. The Morgan fingerprint density at radius 2 is 1.70 bits per heavy atom. The maximum atomic E-state index is 12.2. The van der Waals surface area contributed by atoms with Gasteiger partial charge in [-0.15, -0.1) is 0 Å². The Hall–Kier alpha value is -2.73. The first kappa shape index (κ1) is 16.6. The number of hydrogen-bond donors (Lipinski definition) is 2. The van der Waals surface area contributed by atoms with Crippen molar-refractivity contribution in [3.63, 3.8) is 0 Å². The van der Waals surface area contributed by atoms with E-state index in [9.17, 15) is 9.59 Å². The third-order valence-electron chi connectivity index (χ3n) is 3.14. The van der Waals surface area contributed by atoms with E-state index in [1.807, 2.05) is 37.2 Å². The summed E-state index contributed by atoms with van der Waals surface area (Å²) in [6.07, 6.45) is 2.89. The van der Waals surface area contributed by atoms with Crippen molar-refractivity contribution in [3.8, 4) is 0 Å². The number of aromatic nitrogens is 1. The quantitative estimate of drug-likeness (QED) is 0.850. The van der Waals surface area contributed by atoms with Crippen LogP contribution in [0.25, 0.3) is 0 Å². The van der Waals surface area contributed by atoms with Gasteiger partial charge < -0.3 is 15.5 Å². The van der Waals surface area contributed by atoms with Crippen molar-refractivity contribution in [2.24, 2.45) is 0 Å². The molecule has 0 radical (unpaired) electrons. The number of hydrogen-bond acceptors (Lipinski definition) is 4. The Balaban J connectivity index is 2.01. The second-order valence-corrected chi connectivity index (χ2v) is 5.34. The summed E-state index contributed by atoms with van der Waals surface area (Å²) in [5.41, 5.74) is 1.40. The number of carbonyl (C=O) groups is 2. The number of benzene rings is 1. The van der Waals surface area contributed by atoms with Crippen LogP contribution in [0.2, 0.25) is 0 Å². The minimum absolute atomic E-state index is 0.242. The number of pyridine rings is 1. The molecule has 0 spiro atoms. The molecule has 120 valence electrons. The van der Waals surface area contributed by atoms with Crippen LogP contribution in [-0.4, -0.2) is 48.9 Å². The van der Waals surface area contributed by atoms with Crippen molar-refractivity contribution in [1.82, 2.24) is 15.2 Å². The topological polar surface area (TPSA) is 74.3 Å². The molecule has 0 saturated carbocycles. The van der Waals surface area contributed by atoms with Gasteiger partial charge in [0.05, 0.1) is 11.1 Å². The zero-order valence-electron chi connectivity index (χ0n) is 13.2. The van der Waals surface area contributed by atoms with Crippen LogP contribution in [0.15, 0.2) is 48.8 Å². The van der Waals surface area contributed by atoms with E-state index in [-0.39, 0.29) is 11.8 Å². The lowest BCUT2D eigenvalue weighted by Gasteiger charge is -2.10. The Morgan fingerprint density at radius 1 is 1.04 bits per heavy atom. The van der Waals surface area contributed by atoms with Crippen LogP contribution in [0.4, 0.5) is 5.69 Å². The van der Waals surface area contributed by atoms with Crippen LogP contribution >= 0.6 is 0 Å². The van der Waals surface area contributed by atoms with Gasteiger partial charge in [-0.05, 0) is 32.3 Å². The van der Waals surface area contributed by atoms with Gasteiger partial charge in [0, 0.05) is 31.2 Å². The van der Waals surface area contributed by atoms with Crippen LogP contribution in [-0.2, 0) is 0 Å². The van der Waals surface area contributed by atoms with E-state index in [2.05, 4.69) is 15.6 Å². The molecule has 23 heavy (non-hydrogen) atoms. The number of anilines is 1. The van der Waals surface area contributed by atoms with E-state index in [1.54, 1.807) is 12.1 Å². The van der Waals surface area contributed by atoms with E-state index in [0.29, 0.717) is 23.4 Å². The van der Waals surface area contributed by atoms with Crippen LogP contribution in [0, 0.1) is 0 Å². The van der Waals surface area contributed by atoms with Gasteiger partial charge in [0.2, 0.25) is 0 Å². The lowest BCUT2D eigenvalue weighted by molar-refractivity contribution is 0.0950. The second kappa shape index (κ2) is 8.05. The van der Waals surface area contributed by atoms with Gasteiger partial charge in [0.15, 0.2) is 0 Å². The number of amides is 2. The Bertz CT molecular complexity index is 671. The molecule has 0 bridgehead atoms. The zero-order chi connectivity index (χ0) is 16.7. The van der Waals surface area contributed by atoms with Gasteiger partial charge in [0.1, 0.15) is 0 Å². The molecule has 0 aliphatic carbocycles. The fourth-order valence-electron chi connectivity index (χ4n) is 1.91. The third-order valence-corrected chi connectivity index (χ3v) is 3.14. The van der Waals surface area contributed by atoms with Crippen LogP contribution in [0.5, 0.6) is 0 Å². The Kier molecular flexibility index (Phi) is 5.82. The highest BCUT2D eigenvalue weighted by atomic mass is 16.2. The van der Waals surface area contributed by atoms with Gasteiger partial charge in [-0.3, -0.25) is 14.6 Å². The first-order valence-corrected chi connectivity index (χ1v) is 7.30. The number of para-hydroxylation sites is 1. The molecule has 1 aromatic heterocycles. The Morgan fingerprint density at radius 3 is 2.35 bits per heavy atom. The van der Waals surface area contributed by atoms with Crippen LogP contribution in [0.1, 0.15) is 20.7 Å².